The molecule has 1 unspecified atom stereocenters. The van der Waals surface area contributed by atoms with E-state index in [1.54, 1.807) is 0 Å². The molecule has 19 heavy (non-hydrogen) atoms. The third kappa shape index (κ3) is 4.35. The summed E-state index contributed by atoms with van der Waals surface area (Å²) < 4.78 is 4.75. The lowest BCUT2D eigenvalue weighted by Crippen LogP contribution is -2.50. The molecule has 1 aromatic carbocycles. The third-order valence-electron chi connectivity index (χ3n) is 3.22. The summed E-state index contributed by atoms with van der Waals surface area (Å²) in [5.74, 6) is -0.312. The monoisotopic (exact) mass is 306 g/mol. The van der Waals surface area contributed by atoms with Crippen LogP contribution in [0, 0.1) is 0 Å². The number of nitrogens with zero attached hydrogens (tertiary/aromatic N) is 1. The van der Waals surface area contributed by atoms with Crippen LogP contribution >= 0.6 is 24.8 Å². The first-order valence-corrected chi connectivity index (χ1v) is 5.78. The number of esters is 1. The predicted molar refractivity (Wildman–Crippen MR) is 79.8 cm³/mol. The minimum absolute atomic E-state index is 0. The lowest BCUT2D eigenvalue weighted by molar-refractivity contribution is -0.146. The molecule has 108 valence electrons. The van der Waals surface area contributed by atoms with E-state index in [1.165, 1.54) is 12.7 Å². The summed E-state index contributed by atoms with van der Waals surface area (Å²) >= 11 is 0. The van der Waals surface area contributed by atoms with Crippen LogP contribution in [0.4, 0.5) is 0 Å². The van der Waals surface area contributed by atoms with Crippen LogP contribution in [0.3, 0.4) is 0 Å². The van der Waals surface area contributed by atoms with Crippen LogP contribution in [-0.4, -0.2) is 36.6 Å². The lowest BCUT2D eigenvalue weighted by atomic mass is 10.0. The Balaban J connectivity index is 0.00000162. The zero-order chi connectivity index (χ0) is 12.3. The van der Waals surface area contributed by atoms with Gasteiger partial charge in [-0.1, -0.05) is 30.3 Å². The molecule has 6 heteroatoms. The Morgan fingerprint density at radius 2 is 2.00 bits per heavy atom. The van der Waals surface area contributed by atoms with Gasteiger partial charge >= 0.3 is 5.97 Å². The number of likely N-dealkylation sites (tertiary alicyclic amines) is 1. The normalized spacial score (nSPS) is 22.2. The van der Waals surface area contributed by atoms with E-state index in [1.807, 2.05) is 18.2 Å². The van der Waals surface area contributed by atoms with E-state index in [4.69, 9.17) is 10.5 Å². The van der Waals surface area contributed by atoms with E-state index < -0.39 is 5.54 Å². The molecule has 2 N–H and O–H groups in total. The van der Waals surface area contributed by atoms with Gasteiger partial charge in [0.25, 0.3) is 0 Å². The van der Waals surface area contributed by atoms with Crippen LogP contribution in [-0.2, 0) is 16.1 Å². The SMILES string of the molecule is COC(=O)C1(N)CCN(Cc2ccccc2)C1.Cl.Cl. The van der Waals surface area contributed by atoms with Gasteiger partial charge in [-0.2, -0.15) is 0 Å². The van der Waals surface area contributed by atoms with Crippen molar-refractivity contribution in [3.63, 3.8) is 0 Å². The Bertz CT molecular complexity index is 403. The third-order valence-corrected chi connectivity index (χ3v) is 3.22. The molecule has 1 aromatic rings. The average Bonchev–Trinajstić information content (AvgIpc) is 2.72. The molecule has 1 saturated heterocycles. The molecule has 0 aromatic heterocycles. The van der Waals surface area contributed by atoms with Crippen LogP contribution in [0.5, 0.6) is 0 Å². The molecule has 0 bridgehead atoms. The number of halogens is 2. The van der Waals surface area contributed by atoms with E-state index in [9.17, 15) is 4.79 Å². The summed E-state index contributed by atoms with van der Waals surface area (Å²) in [6, 6.07) is 10.2. The van der Waals surface area contributed by atoms with Gasteiger partial charge in [0.15, 0.2) is 0 Å². The van der Waals surface area contributed by atoms with Crippen LogP contribution in [0.15, 0.2) is 30.3 Å². The van der Waals surface area contributed by atoms with E-state index in [0.717, 1.165) is 13.1 Å². The summed E-state index contributed by atoms with van der Waals surface area (Å²) in [4.78, 5) is 13.7. The Morgan fingerprint density at radius 3 is 2.58 bits per heavy atom. The Morgan fingerprint density at radius 1 is 1.37 bits per heavy atom. The fraction of sp³-hybridized carbons (Fsp3) is 0.462. The predicted octanol–water partition coefficient (Wildman–Crippen LogP) is 1.61. The summed E-state index contributed by atoms with van der Waals surface area (Å²) in [6.45, 7) is 2.23. The standard InChI is InChI=1S/C13H18N2O2.2ClH/c1-17-12(16)13(14)7-8-15(10-13)9-11-5-3-2-4-6-11;;/h2-6H,7-10,14H2,1H3;2*1H. The van der Waals surface area contributed by atoms with Crippen molar-refractivity contribution in [2.24, 2.45) is 5.73 Å². The number of benzene rings is 1. The smallest absolute Gasteiger partial charge is 0.327 e. The maximum Gasteiger partial charge on any atom is 0.327 e. The molecule has 2 rings (SSSR count). The number of rotatable bonds is 3. The van der Waals surface area contributed by atoms with Crippen LogP contribution in [0.25, 0.3) is 0 Å². The van der Waals surface area contributed by atoms with Crippen molar-refractivity contribution >= 4 is 30.8 Å². The van der Waals surface area contributed by atoms with Crippen LogP contribution in [0.2, 0.25) is 0 Å². The summed E-state index contributed by atoms with van der Waals surface area (Å²) in [5.41, 5.74) is 6.45. The number of ether oxygens (including phenoxy) is 1. The van der Waals surface area contributed by atoms with Gasteiger partial charge in [0.05, 0.1) is 7.11 Å². The molecular weight excluding hydrogens is 287 g/mol. The largest absolute Gasteiger partial charge is 0.468 e. The summed E-state index contributed by atoms with van der Waals surface area (Å²) in [5, 5.41) is 0. The van der Waals surface area contributed by atoms with Crippen molar-refractivity contribution in [1.82, 2.24) is 4.90 Å². The second-order valence-corrected chi connectivity index (χ2v) is 4.59. The first-order chi connectivity index (χ1) is 8.14. The van der Waals surface area contributed by atoms with Gasteiger partial charge in [-0.3, -0.25) is 9.69 Å². The Kier molecular flexibility index (Phi) is 7.37. The van der Waals surface area contributed by atoms with Gasteiger partial charge in [0, 0.05) is 19.6 Å². The summed E-state index contributed by atoms with van der Waals surface area (Å²) in [6.07, 6.45) is 0.659. The molecule has 1 heterocycles. The van der Waals surface area contributed by atoms with Crippen molar-refractivity contribution in [2.45, 2.75) is 18.5 Å². The molecule has 0 saturated carbocycles. The average molecular weight is 307 g/mol. The number of hydrogen-bond donors (Lipinski definition) is 1. The molecule has 0 spiro atoms. The minimum Gasteiger partial charge on any atom is -0.468 e. The maximum atomic E-state index is 11.6. The molecule has 1 aliphatic rings. The van der Waals surface area contributed by atoms with Gasteiger partial charge in [0.2, 0.25) is 0 Å². The lowest BCUT2D eigenvalue weighted by Gasteiger charge is -2.21. The van der Waals surface area contributed by atoms with Gasteiger partial charge in [-0.05, 0) is 12.0 Å². The Hall–Kier alpha value is -0.810. The molecule has 0 radical (unpaired) electrons. The van der Waals surface area contributed by atoms with Crippen molar-refractivity contribution < 1.29 is 9.53 Å². The Labute approximate surface area is 126 Å². The first-order valence-electron chi connectivity index (χ1n) is 5.78. The van der Waals surface area contributed by atoms with Gasteiger partial charge in [-0.15, -0.1) is 24.8 Å². The molecule has 1 aliphatic heterocycles. The molecular formula is C13H20Cl2N2O2. The van der Waals surface area contributed by atoms with E-state index in [0.29, 0.717) is 13.0 Å². The highest BCUT2D eigenvalue weighted by Gasteiger charge is 2.41. The molecule has 4 nitrogen and oxygen atoms in total. The molecule has 1 fully saturated rings. The van der Waals surface area contributed by atoms with Gasteiger partial charge in [-0.25, -0.2) is 0 Å². The minimum atomic E-state index is -0.830. The maximum absolute atomic E-state index is 11.6. The quantitative estimate of drug-likeness (QED) is 0.862. The summed E-state index contributed by atoms with van der Waals surface area (Å²) in [7, 11) is 1.39. The number of methoxy groups -OCH3 is 1. The van der Waals surface area contributed by atoms with Crippen LogP contribution < -0.4 is 5.73 Å². The second-order valence-electron chi connectivity index (χ2n) is 4.59. The highest BCUT2D eigenvalue weighted by molar-refractivity contribution is 5.85. The highest BCUT2D eigenvalue weighted by atomic mass is 35.5. The van der Waals surface area contributed by atoms with Crippen LogP contribution in [0.1, 0.15) is 12.0 Å². The second kappa shape index (κ2) is 7.70. The molecule has 1 atom stereocenters. The number of carbonyl (C=O) groups excluding carboxylic acids is 1. The highest BCUT2D eigenvalue weighted by Crippen LogP contribution is 2.21. The van der Waals surface area contributed by atoms with E-state index in [2.05, 4.69) is 17.0 Å². The molecule has 0 amide bonds. The topological polar surface area (TPSA) is 55.6 Å². The van der Waals surface area contributed by atoms with E-state index in [-0.39, 0.29) is 30.8 Å². The van der Waals surface area contributed by atoms with E-state index >= 15 is 0 Å². The van der Waals surface area contributed by atoms with Crippen molar-refractivity contribution in [3.8, 4) is 0 Å². The number of nitrogens with two attached hydrogens (primary N) is 1. The zero-order valence-electron chi connectivity index (χ0n) is 10.9. The van der Waals surface area contributed by atoms with Crippen molar-refractivity contribution in [2.75, 3.05) is 20.2 Å². The fourth-order valence-corrected chi connectivity index (χ4v) is 2.26. The van der Waals surface area contributed by atoms with Crippen molar-refractivity contribution in [3.05, 3.63) is 35.9 Å². The first kappa shape index (κ1) is 18.2. The van der Waals surface area contributed by atoms with Gasteiger partial charge < -0.3 is 10.5 Å². The fourth-order valence-electron chi connectivity index (χ4n) is 2.26. The van der Waals surface area contributed by atoms with Gasteiger partial charge in [0.1, 0.15) is 5.54 Å². The number of hydrogen-bond acceptors (Lipinski definition) is 4. The van der Waals surface area contributed by atoms with Crippen molar-refractivity contribution in [1.29, 1.82) is 0 Å². The number of carbonyl (C=O) groups is 1. The zero-order valence-corrected chi connectivity index (χ0v) is 12.5. The molecule has 0 aliphatic carbocycles.